The van der Waals surface area contributed by atoms with Gasteiger partial charge in [-0.15, -0.1) is 5.10 Å². The Hall–Kier alpha value is -2.89. The summed E-state index contributed by atoms with van der Waals surface area (Å²) in [5.41, 5.74) is 0. The molecule has 25 heavy (non-hydrogen) atoms. The van der Waals surface area contributed by atoms with Crippen molar-refractivity contribution in [3.63, 3.8) is 0 Å². The smallest absolute Gasteiger partial charge is 0.260 e. The first-order valence-corrected chi connectivity index (χ1v) is 8.55. The Morgan fingerprint density at radius 1 is 1.12 bits per heavy atom. The molecule has 1 aliphatic heterocycles. The highest BCUT2D eigenvalue weighted by Crippen LogP contribution is 2.22. The maximum Gasteiger partial charge on any atom is 0.260 e. The molecule has 0 unspecified atom stereocenters. The second-order valence-electron chi connectivity index (χ2n) is 6.29. The van der Waals surface area contributed by atoms with E-state index in [0.29, 0.717) is 6.04 Å². The molecule has 2 heterocycles. The number of ether oxygens (including phenoxy) is 1. The zero-order valence-electron chi connectivity index (χ0n) is 13.9. The first-order chi connectivity index (χ1) is 12.3. The minimum Gasteiger partial charge on any atom is -0.484 e. The Balaban J connectivity index is 1.31. The van der Waals surface area contributed by atoms with Gasteiger partial charge in [-0.3, -0.25) is 4.79 Å². The van der Waals surface area contributed by atoms with Gasteiger partial charge in [-0.25, -0.2) is 4.68 Å². The standard InChI is InChI=1S/C19H20N4O2/c24-19(22-10-7-17(8-11-22)23-12-9-20-21-23)14-25-18-6-5-15-3-1-2-4-16(15)13-18/h1-6,9,12-13,17H,7-8,10-11,14H2. The molecular weight excluding hydrogens is 316 g/mol. The molecule has 0 saturated carbocycles. The lowest BCUT2D eigenvalue weighted by atomic mass is 10.1. The van der Waals surface area contributed by atoms with Gasteiger partial charge in [0.1, 0.15) is 5.75 Å². The number of amides is 1. The number of carbonyl (C=O) groups is 1. The van der Waals surface area contributed by atoms with E-state index in [0.717, 1.165) is 42.5 Å². The van der Waals surface area contributed by atoms with Crippen LogP contribution in [-0.4, -0.2) is 45.5 Å². The van der Waals surface area contributed by atoms with Crippen molar-refractivity contribution < 1.29 is 9.53 Å². The van der Waals surface area contributed by atoms with E-state index in [9.17, 15) is 4.79 Å². The lowest BCUT2D eigenvalue weighted by molar-refractivity contribution is -0.134. The van der Waals surface area contributed by atoms with Crippen LogP contribution >= 0.6 is 0 Å². The lowest BCUT2D eigenvalue weighted by Gasteiger charge is -2.31. The van der Waals surface area contributed by atoms with E-state index in [1.54, 1.807) is 6.20 Å². The van der Waals surface area contributed by atoms with Crippen LogP contribution in [-0.2, 0) is 4.79 Å². The number of aromatic nitrogens is 3. The Morgan fingerprint density at radius 2 is 1.92 bits per heavy atom. The third kappa shape index (κ3) is 3.47. The van der Waals surface area contributed by atoms with Crippen molar-refractivity contribution in [1.29, 1.82) is 0 Å². The second kappa shape index (κ2) is 6.93. The van der Waals surface area contributed by atoms with Gasteiger partial charge in [0.15, 0.2) is 6.61 Å². The molecule has 1 aliphatic rings. The molecule has 2 aromatic carbocycles. The SMILES string of the molecule is O=C(COc1ccc2ccccc2c1)N1CCC(n2ccnn2)CC1. The maximum atomic E-state index is 12.4. The highest BCUT2D eigenvalue weighted by atomic mass is 16.5. The Morgan fingerprint density at radius 3 is 2.68 bits per heavy atom. The van der Waals surface area contributed by atoms with Gasteiger partial charge in [0, 0.05) is 19.3 Å². The predicted molar refractivity (Wildman–Crippen MR) is 94.3 cm³/mol. The van der Waals surface area contributed by atoms with E-state index in [4.69, 9.17) is 4.74 Å². The van der Waals surface area contributed by atoms with Crippen LogP contribution < -0.4 is 4.74 Å². The summed E-state index contributed by atoms with van der Waals surface area (Å²) in [5.74, 6) is 0.759. The Labute approximate surface area is 146 Å². The van der Waals surface area contributed by atoms with Crippen LogP contribution in [0.15, 0.2) is 54.9 Å². The van der Waals surface area contributed by atoms with Gasteiger partial charge in [0.05, 0.1) is 12.2 Å². The van der Waals surface area contributed by atoms with Crippen LogP contribution in [0, 0.1) is 0 Å². The lowest BCUT2D eigenvalue weighted by Crippen LogP contribution is -2.41. The molecule has 0 N–H and O–H groups in total. The van der Waals surface area contributed by atoms with E-state index in [1.165, 1.54) is 0 Å². The number of carbonyl (C=O) groups excluding carboxylic acids is 1. The van der Waals surface area contributed by atoms with E-state index in [2.05, 4.69) is 16.4 Å². The van der Waals surface area contributed by atoms with Crippen molar-refractivity contribution in [3.05, 3.63) is 54.9 Å². The first kappa shape index (κ1) is 15.6. The topological polar surface area (TPSA) is 60.2 Å². The summed E-state index contributed by atoms with van der Waals surface area (Å²) < 4.78 is 7.59. The molecule has 1 aromatic heterocycles. The number of rotatable bonds is 4. The molecule has 1 saturated heterocycles. The largest absolute Gasteiger partial charge is 0.484 e. The predicted octanol–water partition coefficient (Wildman–Crippen LogP) is 2.67. The van der Waals surface area contributed by atoms with Crippen molar-refractivity contribution in [1.82, 2.24) is 19.9 Å². The van der Waals surface area contributed by atoms with Gasteiger partial charge in [-0.2, -0.15) is 0 Å². The molecular formula is C19H20N4O2. The molecule has 128 valence electrons. The van der Waals surface area contributed by atoms with Gasteiger partial charge >= 0.3 is 0 Å². The quantitative estimate of drug-likeness (QED) is 0.735. The number of nitrogens with zero attached hydrogens (tertiary/aromatic N) is 4. The molecule has 0 spiro atoms. The summed E-state index contributed by atoms with van der Waals surface area (Å²) in [5, 5.41) is 10.2. The summed E-state index contributed by atoms with van der Waals surface area (Å²) in [4.78, 5) is 14.3. The Bertz CT molecular complexity index is 855. The van der Waals surface area contributed by atoms with Crippen molar-refractivity contribution in [2.75, 3.05) is 19.7 Å². The minimum atomic E-state index is 0.0326. The summed E-state index contributed by atoms with van der Waals surface area (Å²) >= 11 is 0. The van der Waals surface area contributed by atoms with E-state index in [1.807, 2.05) is 52.2 Å². The number of piperidine rings is 1. The van der Waals surface area contributed by atoms with Gasteiger partial charge in [-0.05, 0) is 35.7 Å². The van der Waals surface area contributed by atoms with Gasteiger partial charge in [0.2, 0.25) is 0 Å². The van der Waals surface area contributed by atoms with Crippen LogP contribution in [0.4, 0.5) is 0 Å². The van der Waals surface area contributed by atoms with Crippen molar-refractivity contribution in [3.8, 4) is 5.75 Å². The number of hydrogen-bond acceptors (Lipinski definition) is 4. The molecule has 6 nitrogen and oxygen atoms in total. The molecule has 4 rings (SSSR count). The zero-order chi connectivity index (χ0) is 17.1. The maximum absolute atomic E-state index is 12.4. The molecule has 3 aromatic rings. The normalized spacial score (nSPS) is 15.4. The molecule has 0 bridgehead atoms. The highest BCUT2D eigenvalue weighted by molar-refractivity contribution is 5.84. The fourth-order valence-electron chi connectivity index (χ4n) is 3.29. The van der Waals surface area contributed by atoms with E-state index in [-0.39, 0.29) is 12.5 Å². The van der Waals surface area contributed by atoms with E-state index >= 15 is 0 Å². The monoisotopic (exact) mass is 336 g/mol. The van der Waals surface area contributed by atoms with Crippen LogP contribution in [0.25, 0.3) is 10.8 Å². The minimum absolute atomic E-state index is 0.0326. The van der Waals surface area contributed by atoms with Crippen LogP contribution in [0.3, 0.4) is 0 Å². The number of fused-ring (bicyclic) bond motifs is 1. The van der Waals surface area contributed by atoms with Crippen molar-refractivity contribution >= 4 is 16.7 Å². The summed E-state index contributed by atoms with van der Waals surface area (Å²) in [7, 11) is 0. The molecule has 0 radical (unpaired) electrons. The van der Waals surface area contributed by atoms with Gasteiger partial charge < -0.3 is 9.64 Å². The number of hydrogen-bond donors (Lipinski definition) is 0. The molecule has 1 amide bonds. The fourth-order valence-corrected chi connectivity index (χ4v) is 3.29. The van der Waals surface area contributed by atoms with E-state index < -0.39 is 0 Å². The van der Waals surface area contributed by atoms with Crippen LogP contribution in [0.1, 0.15) is 18.9 Å². The van der Waals surface area contributed by atoms with Crippen molar-refractivity contribution in [2.24, 2.45) is 0 Å². The molecule has 1 fully saturated rings. The first-order valence-electron chi connectivity index (χ1n) is 8.55. The summed E-state index contributed by atoms with van der Waals surface area (Å²) in [6.45, 7) is 1.53. The average molecular weight is 336 g/mol. The van der Waals surface area contributed by atoms with Gasteiger partial charge in [-0.1, -0.05) is 35.5 Å². The van der Waals surface area contributed by atoms with Crippen LogP contribution in [0.2, 0.25) is 0 Å². The third-order valence-corrected chi connectivity index (χ3v) is 4.72. The average Bonchev–Trinajstić information content (AvgIpc) is 3.21. The summed E-state index contributed by atoms with van der Waals surface area (Å²) in [6.07, 6.45) is 5.36. The number of benzene rings is 2. The van der Waals surface area contributed by atoms with Gasteiger partial charge in [0.25, 0.3) is 5.91 Å². The Kier molecular flexibility index (Phi) is 4.33. The molecule has 0 atom stereocenters. The fraction of sp³-hybridized carbons (Fsp3) is 0.316. The summed E-state index contributed by atoms with van der Waals surface area (Å²) in [6, 6.07) is 14.3. The molecule has 0 aliphatic carbocycles. The number of likely N-dealkylation sites (tertiary alicyclic amines) is 1. The van der Waals surface area contributed by atoms with Crippen LogP contribution in [0.5, 0.6) is 5.75 Å². The zero-order valence-corrected chi connectivity index (χ0v) is 13.9. The van der Waals surface area contributed by atoms with Crippen molar-refractivity contribution in [2.45, 2.75) is 18.9 Å². The molecule has 6 heteroatoms. The highest BCUT2D eigenvalue weighted by Gasteiger charge is 2.24. The third-order valence-electron chi connectivity index (χ3n) is 4.72. The second-order valence-corrected chi connectivity index (χ2v) is 6.29.